The highest BCUT2D eigenvalue weighted by molar-refractivity contribution is 5.60. The summed E-state index contributed by atoms with van der Waals surface area (Å²) < 4.78 is 10.8. The Bertz CT molecular complexity index is 946. The van der Waals surface area contributed by atoms with Gasteiger partial charge in [-0.15, -0.1) is 0 Å². The molecule has 1 aliphatic heterocycles. The molecule has 4 rings (SSSR count). The molecule has 1 saturated heterocycles. The Labute approximate surface area is 178 Å². The van der Waals surface area contributed by atoms with Crippen molar-refractivity contribution in [1.82, 2.24) is 10.1 Å². The van der Waals surface area contributed by atoms with Crippen LogP contribution in [0.2, 0.25) is 0 Å². The first-order valence-corrected chi connectivity index (χ1v) is 10.6. The molecule has 5 heteroatoms. The van der Waals surface area contributed by atoms with Gasteiger partial charge in [0.1, 0.15) is 17.2 Å². The average molecular weight is 407 g/mol. The first kappa shape index (κ1) is 20.6. The second-order valence-electron chi connectivity index (χ2n) is 8.42. The summed E-state index contributed by atoms with van der Waals surface area (Å²) in [5, 5.41) is 15.3. The van der Waals surface area contributed by atoms with Gasteiger partial charge in [0.2, 0.25) is 0 Å². The zero-order chi connectivity index (χ0) is 21.0. The number of rotatable bonds is 7. The molecular weight excluding hydrogens is 376 g/mol. The molecular formula is C25H30N2O3. The molecule has 1 aliphatic rings. The Morgan fingerprint density at radius 1 is 1.10 bits per heavy atom. The van der Waals surface area contributed by atoms with Crippen molar-refractivity contribution >= 4 is 0 Å². The van der Waals surface area contributed by atoms with Crippen molar-refractivity contribution in [2.45, 2.75) is 37.7 Å². The van der Waals surface area contributed by atoms with Crippen LogP contribution in [0.3, 0.4) is 0 Å². The summed E-state index contributed by atoms with van der Waals surface area (Å²) in [6.07, 6.45) is 1.97. The van der Waals surface area contributed by atoms with E-state index in [1.165, 1.54) is 5.56 Å². The first-order chi connectivity index (χ1) is 14.5. The summed E-state index contributed by atoms with van der Waals surface area (Å²) in [4.78, 5) is 2.45. The van der Waals surface area contributed by atoms with Crippen LogP contribution in [0.15, 0.2) is 65.2 Å². The number of nitrogens with zero attached hydrogens (tertiary/aromatic N) is 2. The van der Waals surface area contributed by atoms with Crippen molar-refractivity contribution in [2.75, 3.05) is 26.7 Å². The molecule has 0 bridgehead atoms. The Balaban J connectivity index is 1.33. The first-order valence-electron chi connectivity index (χ1n) is 10.6. The van der Waals surface area contributed by atoms with E-state index in [0.717, 1.165) is 55.2 Å². The fraction of sp³-hybridized carbons (Fsp3) is 0.400. The normalized spacial score (nSPS) is 17.6. The second kappa shape index (κ2) is 9.02. The summed E-state index contributed by atoms with van der Waals surface area (Å²) >= 11 is 0. The topological polar surface area (TPSA) is 58.7 Å². The van der Waals surface area contributed by atoms with Crippen molar-refractivity contribution in [3.63, 3.8) is 0 Å². The molecule has 5 nitrogen and oxygen atoms in total. The maximum Gasteiger partial charge on any atom is 0.140 e. The Morgan fingerprint density at radius 2 is 1.87 bits per heavy atom. The van der Waals surface area contributed by atoms with Crippen LogP contribution in [0, 0.1) is 0 Å². The SMILES string of the molecule is COc1cccc(-c2cc(CC3(O)CCN(CC(C)c4ccccc4)CC3)on2)c1. The lowest BCUT2D eigenvalue weighted by molar-refractivity contribution is -0.0255. The molecule has 0 radical (unpaired) electrons. The third kappa shape index (κ3) is 4.91. The summed E-state index contributed by atoms with van der Waals surface area (Å²) in [6.45, 7) is 5.07. The van der Waals surface area contributed by atoms with Crippen molar-refractivity contribution < 1.29 is 14.4 Å². The number of aromatic nitrogens is 1. The van der Waals surface area contributed by atoms with E-state index in [4.69, 9.17) is 9.26 Å². The molecule has 30 heavy (non-hydrogen) atoms. The molecule has 1 fully saturated rings. The van der Waals surface area contributed by atoms with Crippen LogP contribution in [0.25, 0.3) is 11.3 Å². The van der Waals surface area contributed by atoms with Crippen LogP contribution in [-0.4, -0.2) is 47.5 Å². The Hall–Kier alpha value is -2.63. The molecule has 1 N–H and O–H groups in total. The Morgan fingerprint density at radius 3 is 2.60 bits per heavy atom. The van der Waals surface area contributed by atoms with E-state index in [1.54, 1.807) is 7.11 Å². The van der Waals surface area contributed by atoms with Crippen molar-refractivity contribution in [1.29, 1.82) is 0 Å². The molecule has 1 aromatic heterocycles. The van der Waals surface area contributed by atoms with Gasteiger partial charge in [-0.3, -0.25) is 0 Å². The number of ether oxygens (including phenoxy) is 1. The zero-order valence-electron chi connectivity index (χ0n) is 17.8. The van der Waals surface area contributed by atoms with Gasteiger partial charge in [-0.2, -0.15) is 0 Å². The predicted octanol–water partition coefficient (Wildman–Crippen LogP) is 4.52. The standard InChI is InChI=1S/C25H30N2O3/c1-19(20-7-4-3-5-8-20)18-27-13-11-25(28,12-14-27)17-23-16-24(26-30-23)21-9-6-10-22(15-21)29-2/h3-10,15-16,19,28H,11-14,17-18H2,1-2H3. The van der Waals surface area contributed by atoms with Crippen LogP contribution in [-0.2, 0) is 6.42 Å². The highest BCUT2D eigenvalue weighted by atomic mass is 16.5. The maximum absolute atomic E-state index is 11.1. The van der Waals surface area contributed by atoms with E-state index in [9.17, 15) is 5.11 Å². The van der Waals surface area contributed by atoms with Crippen molar-refractivity contribution in [3.8, 4) is 17.0 Å². The minimum Gasteiger partial charge on any atom is -0.497 e. The van der Waals surface area contributed by atoms with E-state index in [-0.39, 0.29) is 0 Å². The third-order valence-electron chi connectivity index (χ3n) is 6.12. The predicted molar refractivity (Wildman–Crippen MR) is 118 cm³/mol. The van der Waals surface area contributed by atoms with Gasteiger partial charge in [-0.05, 0) is 36.5 Å². The molecule has 0 spiro atoms. The largest absolute Gasteiger partial charge is 0.497 e. The summed E-state index contributed by atoms with van der Waals surface area (Å²) in [5.74, 6) is 1.99. The number of aliphatic hydroxyl groups is 1. The molecule has 2 heterocycles. The summed E-state index contributed by atoms with van der Waals surface area (Å²) in [6, 6.07) is 20.3. The second-order valence-corrected chi connectivity index (χ2v) is 8.42. The van der Waals surface area contributed by atoms with Crippen LogP contribution < -0.4 is 4.74 Å². The van der Waals surface area contributed by atoms with E-state index in [1.807, 2.05) is 30.3 Å². The molecule has 158 valence electrons. The van der Waals surface area contributed by atoms with E-state index < -0.39 is 5.60 Å². The van der Waals surface area contributed by atoms with Gasteiger partial charge in [0, 0.05) is 37.7 Å². The molecule has 0 aliphatic carbocycles. The van der Waals surface area contributed by atoms with Gasteiger partial charge in [-0.25, -0.2) is 0 Å². The minimum atomic E-state index is -0.738. The van der Waals surface area contributed by atoms with Crippen LogP contribution in [0.5, 0.6) is 5.75 Å². The molecule has 1 unspecified atom stereocenters. The smallest absolute Gasteiger partial charge is 0.140 e. The van der Waals surface area contributed by atoms with E-state index in [2.05, 4.69) is 47.3 Å². The number of benzene rings is 2. The molecule has 3 aromatic rings. The minimum absolute atomic E-state index is 0.483. The number of likely N-dealkylation sites (tertiary alicyclic amines) is 1. The van der Waals surface area contributed by atoms with Gasteiger partial charge < -0.3 is 19.3 Å². The monoisotopic (exact) mass is 406 g/mol. The van der Waals surface area contributed by atoms with Crippen molar-refractivity contribution in [2.24, 2.45) is 0 Å². The number of piperidine rings is 1. The Kier molecular flexibility index (Phi) is 6.21. The fourth-order valence-electron chi connectivity index (χ4n) is 4.24. The highest BCUT2D eigenvalue weighted by Gasteiger charge is 2.34. The summed E-state index contributed by atoms with van der Waals surface area (Å²) in [7, 11) is 1.65. The lowest BCUT2D eigenvalue weighted by Crippen LogP contribution is -2.46. The lowest BCUT2D eigenvalue weighted by atomic mass is 9.86. The molecule has 0 amide bonds. The van der Waals surface area contributed by atoms with E-state index >= 15 is 0 Å². The zero-order valence-corrected chi connectivity index (χ0v) is 17.8. The number of methoxy groups -OCH3 is 1. The fourth-order valence-corrected chi connectivity index (χ4v) is 4.24. The highest BCUT2D eigenvalue weighted by Crippen LogP contribution is 2.30. The lowest BCUT2D eigenvalue weighted by Gasteiger charge is -2.38. The van der Waals surface area contributed by atoms with Gasteiger partial charge in [0.25, 0.3) is 0 Å². The van der Waals surface area contributed by atoms with Crippen LogP contribution >= 0.6 is 0 Å². The molecule has 0 saturated carbocycles. The average Bonchev–Trinajstić information content (AvgIpc) is 3.24. The van der Waals surface area contributed by atoms with Crippen molar-refractivity contribution in [3.05, 3.63) is 72.0 Å². The molecule has 2 aromatic carbocycles. The molecule has 1 atom stereocenters. The van der Waals surface area contributed by atoms with Gasteiger partial charge >= 0.3 is 0 Å². The third-order valence-corrected chi connectivity index (χ3v) is 6.12. The van der Waals surface area contributed by atoms with E-state index in [0.29, 0.717) is 12.3 Å². The van der Waals surface area contributed by atoms with Gasteiger partial charge in [0.15, 0.2) is 0 Å². The van der Waals surface area contributed by atoms with Gasteiger partial charge in [0.05, 0.1) is 12.7 Å². The quantitative estimate of drug-likeness (QED) is 0.625. The van der Waals surface area contributed by atoms with Crippen LogP contribution in [0.4, 0.5) is 0 Å². The number of hydrogen-bond donors (Lipinski definition) is 1. The number of hydrogen-bond acceptors (Lipinski definition) is 5. The summed E-state index contributed by atoms with van der Waals surface area (Å²) in [5.41, 5.74) is 2.34. The van der Waals surface area contributed by atoms with Crippen LogP contribution in [0.1, 0.15) is 37.0 Å². The maximum atomic E-state index is 11.1. The van der Waals surface area contributed by atoms with Gasteiger partial charge in [-0.1, -0.05) is 54.5 Å².